The molecule has 0 heterocycles. The smallest absolute Gasteiger partial charge is 0.264 e. The zero-order valence-electron chi connectivity index (χ0n) is 7.83. The predicted octanol–water partition coefficient (Wildman–Crippen LogP) is -0.530. The van der Waals surface area contributed by atoms with E-state index in [1.165, 1.54) is 0 Å². The normalized spacial score (nSPS) is 28.4. The molecule has 0 saturated heterocycles. The predicted molar refractivity (Wildman–Crippen MR) is 48.7 cm³/mol. The summed E-state index contributed by atoms with van der Waals surface area (Å²) < 4.78 is 51.8. The van der Waals surface area contributed by atoms with Gasteiger partial charge in [-0.2, -0.15) is 16.8 Å². The van der Waals surface area contributed by atoms with Crippen molar-refractivity contribution in [1.29, 1.82) is 0 Å². The third-order valence-corrected chi connectivity index (χ3v) is 2.92. The Hall–Kier alpha value is -0.180. The van der Waals surface area contributed by atoms with Gasteiger partial charge >= 0.3 is 0 Å². The van der Waals surface area contributed by atoms with Gasteiger partial charge in [-0.3, -0.25) is 8.37 Å². The minimum atomic E-state index is -3.46. The summed E-state index contributed by atoms with van der Waals surface area (Å²) in [5.41, 5.74) is 0. The van der Waals surface area contributed by atoms with Gasteiger partial charge in [0.1, 0.15) is 0 Å². The summed E-state index contributed by atoms with van der Waals surface area (Å²) in [7, 11) is -6.91. The minimum absolute atomic E-state index is 0.292. The minimum Gasteiger partial charge on any atom is -0.267 e. The van der Waals surface area contributed by atoms with Gasteiger partial charge in [-0.05, 0) is 0 Å². The Morgan fingerprint density at radius 2 is 1.14 bits per heavy atom. The number of hydrogen-bond acceptors (Lipinski definition) is 6. The van der Waals surface area contributed by atoms with Crippen LogP contribution in [0.15, 0.2) is 0 Å². The lowest BCUT2D eigenvalue weighted by Crippen LogP contribution is -2.39. The molecule has 0 radical (unpaired) electrons. The zero-order chi connectivity index (χ0) is 11.0. The van der Waals surface area contributed by atoms with Crippen molar-refractivity contribution in [2.24, 2.45) is 0 Å². The van der Waals surface area contributed by atoms with Crippen molar-refractivity contribution in [3.8, 4) is 0 Å². The van der Waals surface area contributed by atoms with Crippen LogP contribution >= 0.6 is 0 Å². The monoisotopic (exact) mass is 244 g/mol. The molecule has 14 heavy (non-hydrogen) atoms. The Balaban J connectivity index is 2.32. The van der Waals surface area contributed by atoms with E-state index >= 15 is 0 Å². The largest absolute Gasteiger partial charge is 0.267 e. The molecule has 0 spiro atoms. The first-order valence-electron chi connectivity index (χ1n) is 3.92. The first-order chi connectivity index (χ1) is 6.16. The Kier molecular flexibility index (Phi) is 3.20. The second kappa shape index (κ2) is 3.76. The zero-order valence-corrected chi connectivity index (χ0v) is 9.47. The summed E-state index contributed by atoms with van der Waals surface area (Å²) in [6.45, 7) is 0. The van der Waals surface area contributed by atoms with Gasteiger partial charge in [-0.15, -0.1) is 0 Å². The summed E-state index contributed by atoms with van der Waals surface area (Å²) in [5.74, 6) is 0. The van der Waals surface area contributed by atoms with E-state index in [4.69, 9.17) is 0 Å². The molecule has 1 aliphatic rings. The van der Waals surface area contributed by atoms with Crippen LogP contribution in [0.1, 0.15) is 12.8 Å². The lowest BCUT2D eigenvalue weighted by Gasteiger charge is -2.32. The van der Waals surface area contributed by atoms with Crippen molar-refractivity contribution < 1.29 is 25.2 Å². The van der Waals surface area contributed by atoms with Gasteiger partial charge < -0.3 is 0 Å². The Labute approximate surface area is 83.5 Å². The van der Waals surface area contributed by atoms with Gasteiger partial charge in [0.05, 0.1) is 24.7 Å². The maximum absolute atomic E-state index is 10.6. The standard InChI is InChI=1S/C6H12O6S2/c1-13(7,8)11-5-3-6(4-5)12-14(2,9)10/h5-6H,3-4H2,1-2H3. The average Bonchev–Trinajstić information content (AvgIpc) is 1.75. The SMILES string of the molecule is CS(=O)(=O)OC1CC(OS(C)(=O)=O)C1. The quantitative estimate of drug-likeness (QED) is 0.618. The molecule has 0 aliphatic heterocycles. The highest BCUT2D eigenvalue weighted by Crippen LogP contribution is 2.28. The molecule has 0 aromatic heterocycles. The van der Waals surface area contributed by atoms with E-state index < -0.39 is 32.4 Å². The third kappa shape index (κ3) is 4.36. The van der Waals surface area contributed by atoms with E-state index in [1.54, 1.807) is 0 Å². The third-order valence-electron chi connectivity index (χ3n) is 1.67. The van der Waals surface area contributed by atoms with Crippen molar-refractivity contribution in [1.82, 2.24) is 0 Å². The molecule has 84 valence electrons. The van der Waals surface area contributed by atoms with Gasteiger partial charge in [0.25, 0.3) is 20.2 Å². The number of rotatable bonds is 4. The summed E-state index contributed by atoms with van der Waals surface area (Å²) in [6.07, 6.45) is 1.60. The fourth-order valence-electron chi connectivity index (χ4n) is 1.17. The van der Waals surface area contributed by atoms with Gasteiger partial charge in [0.2, 0.25) is 0 Å². The molecule has 8 heteroatoms. The molecule has 1 aliphatic carbocycles. The van der Waals surface area contributed by atoms with Crippen molar-refractivity contribution >= 4 is 20.2 Å². The maximum atomic E-state index is 10.6. The lowest BCUT2D eigenvalue weighted by atomic mass is 9.93. The topological polar surface area (TPSA) is 86.7 Å². The molecule has 0 atom stereocenters. The highest BCUT2D eigenvalue weighted by molar-refractivity contribution is 7.86. The van der Waals surface area contributed by atoms with Crippen LogP contribution in [0.25, 0.3) is 0 Å². The van der Waals surface area contributed by atoms with Gasteiger partial charge in [0.15, 0.2) is 0 Å². The molecular weight excluding hydrogens is 232 g/mol. The summed E-state index contributed by atoms with van der Waals surface area (Å²) in [6, 6.07) is 0. The molecule has 6 nitrogen and oxygen atoms in total. The van der Waals surface area contributed by atoms with Crippen LogP contribution in [0.2, 0.25) is 0 Å². The van der Waals surface area contributed by atoms with Crippen LogP contribution in [-0.4, -0.2) is 41.6 Å². The molecule has 0 aromatic carbocycles. The Morgan fingerprint density at radius 3 is 1.36 bits per heavy atom. The van der Waals surface area contributed by atoms with Crippen molar-refractivity contribution in [3.05, 3.63) is 0 Å². The van der Waals surface area contributed by atoms with E-state index in [-0.39, 0.29) is 0 Å². The van der Waals surface area contributed by atoms with Crippen LogP contribution in [-0.2, 0) is 28.6 Å². The van der Waals surface area contributed by atoms with Crippen molar-refractivity contribution in [3.63, 3.8) is 0 Å². The maximum Gasteiger partial charge on any atom is 0.264 e. The second-order valence-electron chi connectivity index (χ2n) is 3.32. The molecular formula is C6H12O6S2. The summed E-state index contributed by atoms with van der Waals surface area (Å²) in [5, 5.41) is 0. The number of hydrogen-bond donors (Lipinski definition) is 0. The molecule has 0 bridgehead atoms. The summed E-state index contributed by atoms with van der Waals surface area (Å²) in [4.78, 5) is 0. The molecule has 0 amide bonds. The first kappa shape index (κ1) is 11.9. The van der Waals surface area contributed by atoms with Crippen molar-refractivity contribution in [2.45, 2.75) is 25.0 Å². The highest BCUT2D eigenvalue weighted by Gasteiger charge is 2.35. The van der Waals surface area contributed by atoms with Gasteiger partial charge in [-0.25, -0.2) is 0 Å². The van der Waals surface area contributed by atoms with Gasteiger partial charge in [0, 0.05) is 12.8 Å². The van der Waals surface area contributed by atoms with Crippen molar-refractivity contribution in [2.75, 3.05) is 12.5 Å². The van der Waals surface area contributed by atoms with Crippen LogP contribution in [0.3, 0.4) is 0 Å². The fraction of sp³-hybridized carbons (Fsp3) is 1.00. The first-order valence-corrected chi connectivity index (χ1v) is 7.55. The molecule has 1 fully saturated rings. The van der Waals surface area contributed by atoms with E-state index in [0.717, 1.165) is 12.5 Å². The lowest BCUT2D eigenvalue weighted by molar-refractivity contribution is 0.0134. The van der Waals surface area contributed by atoms with Crippen LogP contribution < -0.4 is 0 Å². The van der Waals surface area contributed by atoms with E-state index in [0.29, 0.717) is 12.8 Å². The van der Waals surface area contributed by atoms with Crippen LogP contribution in [0.4, 0.5) is 0 Å². The fourth-order valence-corrected chi connectivity index (χ4v) is 2.47. The van der Waals surface area contributed by atoms with Gasteiger partial charge in [-0.1, -0.05) is 0 Å². The molecule has 1 saturated carbocycles. The van der Waals surface area contributed by atoms with E-state index in [2.05, 4.69) is 8.37 Å². The Bertz CT molecular complexity index is 350. The van der Waals surface area contributed by atoms with Crippen LogP contribution in [0.5, 0.6) is 0 Å². The van der Waals surface area contributed by atoms with E-state index in [1.807, 2.05) is 0 Å². The molecule has 1 rings (SSSR count). The average molecular weight is 244 g/mol. The summed E-state index contributed by atoms with van der Waals surface area (Å²) >= 11 is 0. The van der Waals surface area contributed by atoms with E-state index in [9.17, 15) is 16.8 Å². The molecule has 0 unspecified atom stereocenters. The second-order valence-corrected chi connectivity index (χ2v) is 6.52. The Morgan fingerprint density at radius 1 is 0.857 bits per heavy atom. The molecule has 0 aromatic rings. The molecule has 0 N–H and O–H groups in total. The van der Waals surface area contributed by atoms with Crippen LogP contribution in [0, 0.1) is 0 Å². The highest BCUT2D eigenvalue weighted by atomic mass is 32.2.